The Kier molecular flexibility index (Phi) is 6.92. The summed E-state index contributed by atoms with van der Waals surface area (Å²) in [6.07, 6.45) is -0.841. The highest BCUT2D eigenvalue weighted by Gasteiger charge is 2.43. The van der Waals surface area contributed by atoms with Gasteiger partial charge in [-0.2, -0.15) is 0 Å². The molecule has 2 amide bonds. The topological polar surface area (TPSA) is 121 Å². The Morgan fingerprint density at radius 3 is 2.48 bits per heavy atom. The monoisotopic (exact) mass is 399 g/mol. The first-order chi connectivity index (χ1) is 13.9. The molecule has 2 aromatic rings. The molecule has 0 aliphatic carbocycles. The molecule has 0 bridgehead atoms. The Hall–Kier alpha value is -2.81. The van der Waals surface area contributed by atoms with Crippen molar-refractivity contribution < 1.29 is 24.5 Å². The Morgan fingerprint density at radius 2 is 1.79 bits per heavy atom. The number of ether oxygens (including phenoxy) is 1. The first kappa shape index (κ1) is 20.9. The van der Waals surface area contributed by atoms with Crippen molar-refractivity contribution in [2.24, 2.45) is 0 Å². The number of pyridine rings is 1. The minimum atomic E-state index is -1.21. The number of aryl methyl sites for hydroxylation is 1. The van der Waals surface area contributed by atoms with Gasteiger partial charge in [0.25, 0.3) is 5.91 Å². The summed E-state index contributed by atoms with van der Waals surface area (Å²) >= 11 is 0. The average molecular weight is 399 g/mol. The van der Waals surface area contributed by atoms with Gasteiger partial charge in [-0.3, -0.25) is 14.6 Å². The lowest BCUT2D eigenvalue weighted by atomic mass is 10.1. The van der Waals surface area contributed by atoms with Crippen molar-refractivity contribution in [3.05, 3.63) is 65.5 Å². The van der Waals surface area contributed by atoms with E-state index in [2.05, 4.69) is 15.6 Å². The number of rotatable bonds is 7. The van der Waals surface area contributed by atoms with Crippen LogP contribution in [0.5, 0.6) is 0 Å². The molecule has 29 heavy (non-hydrogen) atoms. The number of nitrogens with one attached hydrogen (secondary N) is 2. The van der Waals surface area contributed by atoms with Crippen LogP contribution in [0.4, 0.5) is 0 Å². The summed E-state index contributed by atoms with van der Waals surface area (Å²) in [6.45, 7) is 2.27. The van der Waals surface area contributed by atoms with Crippen molar-refractivity contribution in [2.45, 2.75) is 44.3 Å². The summed E-state index contributed by atoms with van der Waals surface area (Å²) in [4.78, 5) is 28.3. The highest BCUT2D eigenvalue weighted by atomic mass is 16.5. The third-order valence-corrected chi connectivity index (χ3v) is 4.84. The molecule has 154 valence electrons. The number of carbonyl (C=O) groups is 2. The van der Waals surface area contributed by atoms with Gasteiger partial charge in [0.15, 0.2) is 0 Å². The number of amides is 2. The second-order valence-corrected chi connectivity index (χ2v) is 7.11. The molecule has 0 spiro atoms. The van der Waals surface area contributed by atoms with E-state index in [1.165, 1.54) is 0 Å². The number of benzene rings is 1. The van der Waals surface area contributed by atoms with Gasteiger partial charge in [-0.15, -0.1) is 0 Å². The number of aliphatic hydroxyl groups is 2. The number of hydrogen-bond acceptors (Lipinski definition) is 6. The van der Waals surface area contributed by atoms with E-state index in [0.29, 0.717) is 12.1 Å². The van der Waals surface area contributed by atoms with Crippen LogP contribution >= 0.6 is 0 Å². The highest BCUT2D eigenvalue weighted by Crippen LogP contribution is 2.23. The SMILES string of the molecule is Cc1ccc(C(=O)NC[C@@H]2O[C@@H](CC(=O)NCc3cccnc3)[C@H](O)[C@@H]2O)cc1. The van der Waals surface area contributed by atoms with E-state index in [4.69, 9.17) is 4.74 Å². The maximum absolute atomic E-state index is 12.2. The van der Waals surface area contributed by atoms with Crippen molar-refractivity contribution >= 4 is 11.8 Å². The summed E-state index contributed by atoms with van der Waals surface area (Å²) in [5.41, 5.74) is 2.39. The van der Waals surface area contributed by atoms with E-state index in [1.807, 2.05) is 25.1 Å². The third kappa shape index (κ3) is 5.60. The quantitative estimate of drug-likeness (QED) is 0.532. The number of nitrogens with zero attached hydrogens (tertiary/aromatic N) is 1. The van der Waals surface area contributed by atoms with Crippen LogP contribution in [0.25, 0.3) is 0 Å². The first-order valence-corrected chi connectivity index (χ1v) is 9.46. The molecule has 8 heteroatoms. The molecule has 4 N–H and O–H groups in total. The van der Waals surface area contributed by atoms with Gasteiger partial charge in [0, 0.05) is 31.0 Å². The van der Waals surface area contributed by atoms with Crippen LogP contribution in [0, 0.1) is 6.92 Å². The van der Waals surface area contributed by atoms with Crippen molar-refractivity contribution in [2.75, 3.05) is 6.54 Å². The summed E-state index contributed by atoms with van der Waals surface area (Å²) in [5.74, 6) is -0.609. The van der Waals surface area contributed by atoms with Gasteiger partial charge in [0.2, 0.25) is 5.91 Å². The lowest BCUT2D eigenvalue weighted by Crippen LogP contribution is -2.40. The zero-order chi connectivity index (χ0) is 20.8. The molecule has 1 fully saturated rings. The molecule has 1 aliphatic heterocycles. The van der Waals surface area contributed by atoms with Crippen molar-refractivity contribution in [1.82, 2.24) is 15.6 Å². The Bertz CT molecular complexity index is 828. The van der Waals surface area contributed by atoms with E-state index in [9.17, 15) is 19.8 Å². The largest absolute Gasteiger partial charge is 0.388 e. The van der Waals surface area contributed by atoms with E-state index in [0.717, 1.165) is 11.1 Å². The molecule has 3 rings (SSSR count). The summed E-state index contributed by atoms with van der Waals surface area (Å²) in [6, 6.07) is 10.7. The van der Waals surface area contributed by atoms with Gasteiger partial charge in [-0.1, -0.05) is 23.8 Å². The lowest BCUT2D eigenvalue weighted by molar-refractivity contribution is -0.125. The molecule has 1 aromatic carbocycles. The zero-order valence-electron chi connectivity index (χ0n) is 16.1. The molecule has 1 saturated heterocycles. The van der Waals surface area contributed by atoms with Gasteiger partial charge >= 0.3 is 0 Å². The van der Waals surface area contributed by atoms with Crippen LogP contribution in [0.2, 0.25) is 0 Å². The Morgan fingerprint density at radius 1 is 1.07 bits per heavy atom. The van der Waals surface area contributed by atoms with E-state index in [-0.39, 0.29) is 24.8 Å². The Balaban J connectivity index is 1.47. The van der Waals surface area contributed by atoms with Crippen LogP contribution in [0.15, 0.2) is 48.8 Å². The molecule has 8 nitrogen and oxygen atoms in total. The molecule has 1 aliphatic rings. The highest BCUT2D eigenvalue weighted by molar-refractivity contribution is 5.94. The number of aliphatic hydroxyl groups excluding tert-OH is 2. The van der Waals surface area contributed by atoms with Gasteiger partial charge in [-0.25, -0.2) is 0 Å². The van der Waals surface area contributed by atoms with E-state index < -0.39 is 24.4 Å². The minimum absolute atomic E-state index is 0.0265. The fourth-order valence-corrected chi connectivity index (χ4v) is 3.12. The summed E-state index contributed by atoms with van der Waals surface area (Å²) < 4.78 is 5.63. The van der Waals surface area contributed by atoms with Crippen molar-refractivity contribution in [3.63, 3.8) is 0 Å². The fraction of sp³-hybridized carbons (Fsp3) is 0.381. The molecule has 4 atom stereocenters. The first-order valence-electron chi connectivity index (χ1n) is 9.46. The zero-order valence-corrected chi connectivity index (χ0v) is 16.1. The molecule has 0 saturated carbocycles. The molecule has 2 heterocycles. The average Bonchev–Trinajstić information content (AvgIpc) is 2.99. The number of aromatic nitrogens is 1. The van der Waals surface area contributed by atoms with Crippen LogP contribution in [-0.2, 0) is 16.1 Å². The fourth-order valence-electron chi connectivity index (χ4n) is 3.12. The number of carbonyl (C=O) groups excluding carboxylic acids is 2. The summed E-state index contributed by atoms with van der Waals surface area (Å²) in [5, 5.41) is 25.8. The maximum Gasteiger partial charge on any atom is 0.251 e. The minimum Gasteiger partial charge on any atom is -0.388 e. The second-order valence-electron chi connectivity index (χ2n) is 7.11. The predicted octanol–water partition coefficient (Wildman–Crippen LogP) is 0.316. The Labute approximate surface area is 168 Å². The molecule has 0 unspecified atom stereocenters. The lowest BCUT2D eigenvalue weighted by Gasteiger charge is -2.15. The normalized spacial score (nSPS) is 23.6. The van der Waals surface area contributed by atoms with E-state index >= 15 is 0 Å². The van der Waals surface area contributed by atoms with Crippen LogP contribution in [-0.4, -0.2) is 58.0 Å². The van der Waals surface area contributed by atoms with Gasteiger partial charge < -0.3 is 25.6 Å². The molecular weight excluding hydrogens is 374 g/mol. The molecular formula is C21H25N3O5. The molecule has 0 radical (unpaired) electrons. The number of hydrogen-bond donors (Lipinski definition) is 4. The molecule has 1 aromatic heterocycles. The smallest absolute Gasteiger partial charge is 0.251 e. The van der Waals surface area contributed by atoms with Crippen LogP contribution < -0.4 is 10.6 Å². The van der Waals surface area contributed by atoms with Crippen LogP contribution in [0.3, 0.4) is 0 Å². The van der Waals surface area contributed by atoms with Gasteiger partial charge in [0.1, 0.15) is 18.3 Å². The third-order valence-electron chi connectivity index (χ3n) is 4.84. The van der Waals surface area contributed by atoms with Crippen molar-refractivity contribution in [1.29, 1.82) is 0 Å². The standard InChI is InChI=1S/C21H25N3O5/c1-13-4-6-15(7-5-13)21(28)24-12-17-20(27)19(26)16(29-17)9-18(25)23-11-14-3-2-8-22-10-14/h2-8,10,16-17,19-20,26-27H,9,11-12H2,1H3,(H,23,25)(H,24,28)/t16-,17-,19-,20+/m0/s1. The summed E-state index contributed by atoms with van der Waals surface area (Å²) in [7, 11) is 0. The van der Waals surface area contributed by atoms with E-state index in [1.54, 1.807) is 30.6 Å². The van der Waals surface area contributed by atoms with Crippen molar-refractivity contribution in [3.8, 4) is 0 Å². The second kappa shape index (κ2) is 9.60. The predicted molar refractivity (Wildman–Crippen MR) is 105 cm³/mol. The van der Waals surface area contributed by atoms with Crippen LogP contribution in [0.1, 0.15) is 27.9 Å². The maximum atomic E-state index is 12.2. The van der Waals surface area contributed by atoms with Gasteiger partial charge in [0.05, 0.1) is 12.5 Å². The van der Waals surface area contributed by atoms with Gasteiger partial charge in [-0.05, 0) is 30.7 Å².